The molecule has 170 valence electrons. The van der Waals surface area contributed by atoms with E-state index in [9.17, 15) is 14.7 Å². The zero-order valence-electron chi connectivity index (χ0n) is 17.4. The van der Waals surface area contributed by atoms with Crippen molar-refractivity contribution in [3.05, 3.63) is 22.6 Å². The summed E-state index contributed by atoms with van der Waals surface area (Å²) < 4.78 is 17.2. The summed E-state index contributed by atoms with van der Waals surface area (Å²) in [6, 6.07) is 0.228. The summed E-state index contributed by atoms with van der Waals surface area (Å²) in [4.78, 5) is 37.3. The Bertz CT molecular complexity index is 874. The van der Waals surface area contributed by atoms with Gasteiger partial charge in [-0.15, -0.1) is 0 Å². The van der Waals surface area contributed by atoms with E-state index in [0.29, 0.717) is 49.4 Å². The maximum atomic E-state index is 13.4. The predicted molar refractivity (Wildman–Crippen MR) is 105 cm³/mol. The number of allylic oxidation sites excluding steroid dienone is 2. The number of amides is 1. The fourth-order valence-corrected chi connectivity index (χ4v) is 5.22. The van der Waals surface area contributed by atoms with Crippen LogP contribution in [0.2, 0.25) is 0 Å². The number of carboxylic acid groups (broad SMARTS) is 1. The maximum Gasteiger partial charge on any atom is 0.402 e. The Morgan fingerprint density at radius 2 is 1.97 bits per heavy atom. The van der Waals surface area contributed by atoms with Crippen molar-refractivity contribution < 1.29 is 38.8 Å². The summed E-state index contributed by atoms with van der Waals surface area (Å²) in [5.74, 6) is -0.960. The quantitative estimate of drug-likeness (QED) is 0.319. The van der Waals surface area contributed by atoms with Gasteiger partial charge in [0.15, 0.2) is 11.5 Å². The summed E-state index contributed by atoms with van der Waals surface area (Å²) in [5.41, 5.74) is 4.20. The SMILES string of the molecule is COC12C(CO)C3=C(C(=O)C(C)=C(OC4CCOCC4)C3=O)N1CC1NC12.NC(=O)O. The summed E-state index contributed by atoms with van der Waals surface area (Å²) in [6.07, 6.45) is -0.0904. The molecule has 31 heavy (non-hydrogen) atoms. The van der Waals surface area contributed by atoms with Crippen LogP contribution in [0.15, 0.2) is 22.6 Å². The number of nitrogens with two attached hydrogens (primary N) is 1. The number of ketones is 2. The first-order valence-electron chi connectivity index (χ1n) is 10.2. The Hall–Kier alpha value is -2.47. The molecule has 11 heteroatoms. The molecule has 1 aliphatic carbocycles. The predicted octanol–water partition coefficient (Wildman–Crippen LogP) is -0.894. The van der Waals surface area contributed by atoms with Crippen LogP contribution in [0.1, 0.15) is 19.8 Å². The van der Waals surface area contributed by atoms with Crippen LogP contribution in [0.3, 0.4) is 0 Å². The van der Waals surface area contributed by atoms with Crippen LogP contribution in [0, 0.1) is 5.92 Å². The zero-order valence-corrected chi connectivity index (χ0v) is 17.4. The highest BCUT2D eigenvalue weighted by Crippen LogP contribution is 2.55. The summed E-state index contributed by atoms with van der Waals surface area (Å²) in [5, 5.41) is 20.7. The molecule has 4 atom stereocenters. The van der Waals surface area contributed by atoms with E-state index >= 15 is 0 Å². The molecule has 11 nitrogen and oxygen atoms in total. The van der Waals surface area contributed by atoms with Crippen molar-refractivity contribution in [3.8, 4) is 0 Å². The lowest BCUT2D eigenvalue weighted by Gasteiger charge is -2.39. The lowest BCUT2D eigenvalue weighted by molar-refractivity contribution is -0.137. The van der Waals surface area contributed by atoms with Crippen molar-refractivity contribution in [1.82, 2.24) is 10.2 Å². The molecule has 0 spiro atoms. The number of aliphatic hydroxyl groups is 1. The average Bonchev–Trinajstić information content (AvgIpc) is 3.35. The van der Waals surface area contributed by atoms with Crippen LogP contribution in [0.5, 0.6) is 0 Å². The van der Waals surface area contributed by atoms with Crippen LogP contribution >= 0.6 is 0 Å². The first kappa shape index (κ1) is 21.8. The van der Waals surface area contributed by atoms with Gasteiger partial charge in [-0.05, 0) is 6.92 Å². The number of primary amides is 1. The Morgan fingerprint density at radius 3 is 2.55 bits per heavy atom. The number of hydrogen-bond acceptors (Lipinski definition) is 9. The number of nitrogens with one attached hydrogen (secondary N) is 1. The number of ether oxygens (including phenoxy) is 3. The second-order valence-corrected chi connectivity index (χ2v) is 8.20. The van der Waals surface area contributed by atoms with Crippen molar-refractivity contribution in [2.75, 3.05) is 33.5 Å². The minimum atomic E-state index is -1.33. The molecule has 5 aliphatic rings. The summed E-state index contributed by atoms with van der Waals surface area (Å²) in [6.45, 7) is 3.14. The molecule has 0 radical (unpaired) electrons. The number of methoxy groups -OCH3 is 1. The molecule has 0 saturated carbocycles. The fourth-order valence-electron chi connectivity index (χ4n) is 5.22. The van der Waals surface area contributed by atoms with Crippen LogP contribution in [-0.2, 0) is 23.8 Å². The molecular formula is C20H27N3O8. The van der Waals surface area contributed by atoms with Gasteiger partial charge < -0.3 is 40.4 Å². The van der Waals surface area contributed by atoms with Gasteiger partial charge in [0.05, 0.1) is 37.5 Å². The Labute approximate surface area is 178 Å². The largest absolute Gasteiger partial charge is 0.486 e. The molecule has 0 bridgehead atoms. The lowest BCUT2D eigenvalue weighted by Crippen LogP contribution is -2.54. The van der Waals surface area contributed by atoms with Crippen LogP contribution in [-0.4, -0.2) is 90.2 Å². The maximum absolute atomic E-state index is 13.4. The smallest absolute Gasteiger partial charge is 0.402 e. The molecule has 0 aromatic carbocycles. The molecule has 4 aliphatic heterocycles. The van der Waals surface area contributed by atoms with Gasteiger partial charge in [0.25, 0.3) is 0 Å². The molecule has 4 heterocycles. The lowest BCUT2D eigenvalue weighted by atomic mass is 9.83. The van der Waals surface area contributed by atoms with E-state index in [1.807, 2.05) is 4.90 Å². The molecule has 5 N–H and O–H groups in total. The molecule has 5 rings (SSSR count). The second-order valence-electron chi connectivity index (χ2n) is 8.20. The monoisotopic (exact) mass is 437 g/mol. The van der Waals surface area contributed by atoms with E-state index in [0.717, 1.165) is 0 Å². The van der Waals surface area contributed by atoms with E-state index in [1.165, 1.54) is 0 Å². The van der Waals surface area contributed by atoms with Gasteiger partial charge in [-0.3, -0.25) is 9.59 Å². The molecule has 0 aromatic heterocycles. The van der Waals surface area contributed by atoms with E-state index in [4.69, 9.17) is 24.1 Å². The molecule has 4 unspecified atom stereocenters. The molecule has 3 fully saturated rings. The number of Topliss-reactive ketones (excluding diaryl/α,β-unsaturated/α-hetero) is 2. The minimum Gasteiger partial charge on any atom is -0.486 e. The van der Waals surface area contributed by atoms with Gasteiger partial charge in [-0.1, -0.05) is 0 Å². The zero-order chi connectivity index (χ0) is 22.5. The van der Waals surface area contributed by atoms with E-state index < -0.39 is 17.7 Å². The number of rotatable bonds is 4. The Kier molecular flexibility index (Phi) is 5.54. The highest BCUT2D eigenvalue weighted by Gasteiger charge is 2.72. The highest BCUT2D eigenvalue weighted by atomic mass is 16.5. The third-order valence-electron chi connectivity index (χ3n) is 6.62. The number of aliphatic hydroxyl groups excluding tert-OH is 1. The first-order chi connectivity index (χ1) is 14.8. The molecule has 0 aromatic rings. The van der Waals surface area contributed by atoms with Crippen molar-refractivity contribution in [2.45, 2.75) is 43.7 Å². The van der Waals surface area contributed by atoms with Crippen molar-refractivity contribution in [3.63, 3.8) is 0 Å². The number of piperazine rings is 1. The van der Waals surface area contributed by atoms with Gasteiger partial charge >= 0.3 is 6.09 Å². The minimum absolute atomic E-state index is 0.00557. The van der Waals surface area contributed by atoms with Gasteiger partial charge in [-0.25, -0.2) is 4.79 Å². The third kappa shape index (κ3) is 3.23. The number of fused-ring (bicyclic) bond motifs is 4. The number of nitrogens with zero attached hydrogens (tertiary/aromatic N) is 1. The fraction of sp³-hybridized carbons (Fsp3) is 0.650. The average molecular weight is 437 g/mol. The van der Waals surface area contributed by atoms with Crippen LogP contribution in [0.25, 0.3) is 0 Å². The van der Waals surface area contributed by atoms with E-state index in [-0.39, 0.29) is 42.1 Å². The van der Waals surface area contributed by atoms with E-state index in [2.05, 4.69) is 11.1 Å². The summed E-state index contributed by atoms with van der Waals surface area (Å²) >= 11 is 0. The number of carbonyl (C=O) groups excluding carboxylic acids is 2. The van der Waals surface area contributed by atoms with Crippen molar-refractivity contribution in [2.24, 2.45) is 11.7 Å². The standard InChI is InChI=1S/C19H24N2O6.CH3NO2/c1-9-15(23)14-13(16(24)17(9)27-10-3-5-26-6-4-10)11(8-22)19(25-2)18-12(20-18)7-21(14)19;2-1(3)4/h10-12,18,20,22H,3-8H2,1-2H3;2H2,(H,3,4). The Morgan fingerprint density at radius 1 is 1.32 bits per heavy atom. The molecular weight excluding hydrogens is 410 g/mol. The molecule has 1 amide bonds. The van der Waals surface area contributed by atoms with Crippen molar-refractivity contribution in [1.29, 1.82) is 0 Å². The Balaban J connectivity index is 0.000000535. The second kappa shape index (κ2) is 7.90. The molecule has 3 saturated heterocycles. The highest BCUT2D eigenvalue weighted by molar-refractivity contribution is 6.25. The van der Waals surface area contributed by atoms with Gasteiger partial charge in [0.1, 0.15) is 6.10 Å². The van der Waals surface area contributed by atoms with Gasteiger partial charge in [-0.2, -0.15) is 0 Å². The van der Waals surface area contributed by atoms with Crippen molar-refractivity contribution >= 4 is 17.7 Å². The first-order valence-corrected chi connectivity index (χ1v) is 10.2. The normalized spacial score (nSPS) is 34.2. The number of carbonyl (C=O) groups is 3. The summed E-state index contributed by atoms with van der Waals surface area (Å²) in [7, 11) is 1.57. The third-order valence-corrected chi connectivity index (χ3v) is 6.62. The van der Waals surface area contributed by atoms with Crippen LogP contribution in [0.4, 0.5) is 4.79 Å². The number of hydrogen-bond donors (Lipinski definition) is 4. The van der Waals surface area contributed by atoms with Gasteiger partial charge in [0.2, 0.25) is 11.6 Å². The van der Waals surface area contributed by atoms with Crippen LogP contribution < -0.4 is 11.1 Å². The van der Waals surface area contributed by atoms with E-state index in [1.54, 1.807) is 14.0 Å². The topological polar surface area (TPSA) is 171 Å². The van der Waals surface area contributed by atoms with Gasteiger partial charge in [0, 0.05) is 43.7 Å².